The maximum absolute atomic E-state index is 13.5. The first-order valence-electron chi connectivity index (χ1n) is 10.3. The summed E-state index contributed by atoms with van der Waals surface area (Å²) in [7, 11) is -4.82. The molecule has 4 aliphatic rings. The second-order valence-corrected chi connectivity index (χ2v) is 21.8. The van der Waals surface area contributed by atoms with Crippen molar-refractivity contribution in [2.45, 2.75) is 76.4 Å². The highest BCUT2D eigenvalue weighted by molar-refractivity contribution is 6.79. The molecule has 0 amide bonds. The van der Waals surface area contributed by atoms with E-state index in [-0.39, 0.29) is 32.1 Å². The van der Waals surface area contributed by atoms with Crippen molar-refractivity contribution in [3.8, 4) is 0 Å². The van der Waals surface area contributed by atoms with E-state index in [1.807, 2.05) is 39.3 Å². The van der Waals surface area contributed by atoms with Gasteiger partial charge in [0.1, 0.15) is 0 Å². The molecule has 0 aliphatic heterocycles. The van der Waals surface area contributed by atoms with Crippen LogP contribution >= 0.6 is 0 Å². The van der Waals surface area contributed by atoms with Crippen LogP contribution in [0.2, 0.25) is 44.3 Å². The van der Waals surface area contributed by atoms with Gasteiger partial charge >= 0.3 is 17.9 Å². The van der Waals surface area contributed by atoms with Crippen LogP contribution < -0.4 is 0 Å². The van der Waals surface area contributed by atoms with Gasteiger partial charge in [-0.1, -0.05) is 19.6 Å². The van der Waals surface area contributed by atoms with Crippen LogP contribution in [0.1, 0.15) is 32.1 Å². The van der Waals surface area contributed by atoms with E-state index in [2.05, 4.69) is 0 Å². The number of aliphatic carboxylic acids is 3. The average molecular weight is 457 g/mol. The Labute approximate surface area is 178 Å². The van der Waals surface area contributed by atoms with Gasteiger partial charge in [0.05, 0.1) is 30.2 Å². The molecule has 30 heavy (non-hydrogen) atoms. The predicted octanol–water partition coefficient (Wildman–Crippen LogP) is 3.26. The Bertz CT molecular complexity index is 807. The quantitative estimate of drug-likeness (QED) is 0.518. The van der Waals surface area contributed by atoms with E-state index in [0.29, 0.717) is 0 Å². The predicted molar refractivity (Wildman–Crippen MR) is 112 cm³/mol. The summed E-state index contributed by atoms with van der Waals surface area (Å²) in [5, 5.41) is 29.8. The van der Waals surface area contributed by atoms with Crippen molar-refractivity contribution in [1.82, 2.24) is 0 Å². The molecule has 4 rings (SSSR count). The van der Waals surface area contributed by atoms with E-state index in [1.54, 1.807) is 0 Å². The third-order valence-corrected chi connectivity index (χ3v) is 12.3. The lowest BCUT2D eigenvalue weighted by Crippen LogP contribution is -2.74. The van der Waals surface area contributed by atoms with Crippen molar-refractivity contribution in [2.24, 2.45) is 22.2 Å². The summed E-state index contributed by atoms with van der Waals surface area (Å²) in [4.78, 5) is 51.3. The zero-order valence-corrected chi connectivity index (χ0v) is 20.5. The molecule has 4 aliphatic carbocycles. The third kappa shape index (κ3) is 2.90. The Hall–Kier alpha value is -1.69. The Balaban J connectivity index is 2.35. The maximum atomic E-state index is 13.5. The molecule has 0 saturated heterocycles. The molecule has 4 saturated carbocycles. The Morgan fingerprint density at radius 1 is 0.733 bits per heavy atom. The molecule has 168 valence electrons. The van der Waals surface area contributed by atoms with Crippen LogP contribution in [0.25, 0.3) is 0 Å². The van der Waals surface area contributed by atoms with E-state index >= 15 is 0 Å². The van der Waals surface area contributed by atoms with Gasteiger partial charge in [-0.15, -0.1) is 0 Å². The van der Waals surface area contributed by atoms with Gasteiger partial charge in [0.2, 0.25) is 8.32 Å². The molecule has 4 bridgehead atoms. The van der Waals surface area contributed by atoms with E-state index in [0.717, 1.165) is 0 Å². The van der Waals surface area contributed by atoms with E-state index < -0.39 is 67.5 Å². The van der Waals surface area contributed by atoms with Gasteiger partial charge in [0.15, 0.2) is 0 Å². The summed E-state index contributed by atoms with van der Waals surface area (Å²) in [5.41, 5.74) is -4.66. The summed E-state index contributed by atoms with van der Waals surface area (Å²) >= 11 is 0. The number of rotatable bonds is 6. The lowest BCUT2D eigenvalue weighted by Gasteiger charge is -2.72. The van der Waals surface area contributed by atoms with E-state index in [4.69, 9.17) is 4.43 Å². The highest BCUT2D eigenvalue weighted by Crippen LogP contribution is 2.81. The van der Waals surface area contributed by atoms with Crippen molar-refractivity contribution < 1.29 is 38.9 Å². The minimum Gasteiger partial charge on any atom is -0.520 e. The zero-order chi connectivity index (χ0) is 23.1. The van der Waals surface area contributed by atoms with Crippen molar-refractivity contribution in [3.05, 3.63) is 0 Å². The van der Waals surface area contributed by atoms with Crippen molar-refractivity contribution in [3.63, 3.8) is 0 Å². The normalized spacial score (nSPS) is 40.1. The fraction of sp³-hybridized carbons (Fsp3) is 0.800. The lowest BCUT2D eigenvalue weighted by molar-refractivity contribution is -0.225. The molecule has 3 atom stereocenters. The lowest BCUT2D eigenvalue weighted by atomic mass is 9.35. The summed E-state index contributed by atoms with van der Waals surface area (Å²) in [5.74, 6) is -5.20. The molecule has 0 spiro atoms. The average Bonchev–Trinajstić information content (AvgIpc) is 2.50. The number of carboxylic acids is 3. The highest BCUT2D eigenvalue weighted by atomic mass is 28.4. The smallest absolute Gasteiger partial charge is 0.310 e. The van der Waals surface area contributed by atoms with Crippen LogP contribution in [0, 0.1) is 22.2 Å². The van der Waals surface area contributed by atoms with Crippen LogP contribution in [-0.4, -0.2) is 55.6 Å². The molecule has 0 aromatic rings. The fourth-order valence-corrected chi connectivity index (χ4v) is 10.7. The van der Waals surface area contributed by atoms with Gasteiger partial charge < -0.3 is 19.7 Å². The Morgan fingerprint density at radius 2 is 1.17 bits per heavy atom. The first-order chi connectivity index (χ1) is 13.4. The third-order valence-electron chi connectivity index (χ3n) is 7.87. The molecule has 3 N–H and O–H groups in total. The van der Waals surface area contributed by atoms with Crippen LogP contribution in [0.4, 0.5) is 0 Å². The number of carboxylic acid groups (broad SMARTS) is 3. The molecule has 4 fully saturated rings. The van der Waals surface area contributed by atoms with E-state index in [9.17, 15) is 34.5 Å². The Kier molecular flexibility index (Phi) is 4.74. The standard InChI is InChI=1S/C20H32O8Si2/c1-29(2,3)20-10-17(14(22)23)7-18(11-20,15(24)25)9-19(8-17,16(26)27)12(20)13(21)28-30(4,5)6/h12H,7-11H2,1-6H3,(H,22,23)(H,24,25)(H,26,27). The first kappa shape index (κ1) is 23.0. The number of hydrogen-bond donors (Lipinski definition) is 3. The van der Waals surface area contributed by atoms with Crippen LogP contribution in [-0.2, 0) is 23.6 Å². The largest absolute Gasteiger partial charge is 0.520 e. The highest BCUT2D eigenvalue weighted by Gasteiger charge is 2.81. The van der Waals surface area contributed by atoms with E-state index in [1.165, 1.54) is 0 Å². The number of carbonyl (C=O) groups is 4. The molecule has 8 nitrogen and oxygen atoms in total. The SMILES string of the molecule is C[Si](C)(C)OC(=O)C1C2(C(=O)O)CC3(C(=O)O)CC(C(=O)O)(C2)CC1([Si](C)(C)C)C3. The van der Waals surface area contributed by atoms with Gasteiger partial charge in [-0.3, -0.25) is 19.2 Å². The minimum atomic E-state index is -2.46. The number of hydrogen-bond acceptors (Lipinski definition) is 5. The molecule has 10 heteroatoms. The second kappa shape index (κ2) is 6.18. The van der Waals surface area contributed by atoms with Crippen molar-refractivity contribution in [2.75, 3.05) is 0 Å². The fourth-order valence-electron chi connectivity index (χ4n) is 7.00. The number of carbonyl (C=O) groups excluding carboxylic acids is 1. The molecule has 0 aromatic heterocycles. The summed E-state index contributed by atoms with van der Waals surface area (Å²) in [6.07, 6.45) is -0.252. The zero-order valence-electron chi connectivity index (χ0n) is 18.5. The van der Waals surface area contributed by atoms with Gasteiger partial charge in [0.25, 0.3) is 5.97 Å². The molecular weight excluding hydrogens is 424 g/mol. The van der Waals surface area contributed by atoms with Crippen molar-refractivity contribution >= 4 is 40.3 Å². The molecule has 0 radical (unpaired) electrons. The van der Waals surface area contributed by atoms with Crippen LogP contribution in [0.5, 0.6) is 0 Å². The Morgan fingerprint density at radius 3 is 1.47 bits per heavy atom. The second-order valence-electron chi connectivity index (χ2n) is 11.9. The van der Waals surface area contributed by atoms with Gasteiger partial charge in [-0.25, -0.2) is 0 Å². The summed E-state index contributed by atoms with van der Waals surface area (Å²) in [6, 6.07) is 0. The van der Waals surface area contributed by atoms with Gasteiger partial charge in [-0.2, -0.15) is 0 Å². The molecule has 0 aromatic carbocycles. The van der Waals surface area contributed by atoms with Gasteiger partial charge in [0, 0.05) is 0 Å². The van der Waals surface area contributed by atoms with Crippen molar-refractivity contribution in [1.29, 1.82) is 0 Å². The van der Waals surface area contributed by atoms with Gasteiger partial charge in [-0.05, 0) is 56.8 Å². The summed E-state index contributed by atoms with van der Waals surface area (Å²) < 4.78 is 5.81. The topological polar surface area (TPSA) is 138 Å². The summed E-state index contributed by atoms with van der Waals surface area (Å²) in [6.45, 7) is 11.5. The molecule has 0 heterocycles. The monoisotopic (exact) mass is 456 g/mol. The van der Waals surface area contributed by atoms with Crippen LogP contribution in [0.15, 0.2) is 0 Å². The molecule has 3 unspecified atom stereocenters. The van der Waals surface area contributed by atoms with Crippen LogP contribution in [0.3, 0.4) is 0 Å². The minimum absolute atomic E-state index is 0.0816. The molecular formula is C20H32O8Si2. The first-order valence-corrected chi connectivity index (χ1v) is 17.2. The maximum Gasteiger partial charge on any atom is 0.310 e.